The third-order valence-corrected chi connectivity index (χ3v) is 4.02. The molecule has 0 saturated carbocycles. The second-order valence-corrected chi connectivity index (χ2v) is 5.85. The number of rotatable bonds is 6. The van der Waals surface area contributed by atoms with Crippen molar-refractivity contribution < 1.29 is 19.1 Å². The molecule has 5 nitrogen and oxygen atoms in total. The molecular weight excluding hydrogens is 330 g/mol. The van der Waals surface area contributed by atoms with Crippen LogP contribution in [0.3, 0.4) is 0 Å². The molecule has 0 aliphatic rings. The van der Waals surface area contributed by atoms with Crippen LogP contribution in [0.5, 0.6) is 5.75 Å². The molecule has 0 bridgehead atoms. The highest BCUT2D eigenvalue weighted by Crippen LogP contribution is 2.26. The van der Waals surface area contributed by atoms with Crippen molar-refractivity contribution in [3.8, 4) is 17.1 Å². The molecule has 3 rings (SSSR count). The molecule has 2 aromatic carbocycles. The van der Waals surface area contributed by atoms with E-state index in [9.17, 15) is 4.79 Å². The first-order valence-corrected chi connectivity index (χ1v) is 8.14. The summed E-state index contributed by atoms with van der Waals surface area (Å²) in [5.41, 5.74) is 3.05. The third kappa shape index (κ3) is 4.00. The lowest BCUT2D eigenvalue weighted by molar-refractivity contribution is 0.0697. The number of ether oxygens (including phenoxy) is 1. The predicted molar refractivity (Wildman–Crippen MR) is 100 cm³/mol. The van der Waals surface area contributed by atoms with Gasteiger partial charge in [0.25, 0.3) is 0 Å². The Kier molecular flexibility index (Phi) is 5.17. The summed E-state index contributed by atoms with van der Waals surface area (Å²) in [6.45, 7) is 2.41. The Balaban J connectivity index is 1.70. The maximum absolute atomic E-state index is 11.0. The zero-order valence-electron chi connectivity index (χ0n) is 14.6. The maximum Gasteiger partial charge on any atom is 0.335 e. The fourth-order valence-electron chi connectivity index (χ4n) is 2.61. The fraction of sp³-hybridized carbons (Fsp3) is 0.143. The van der Waals surface area contributed by atoms with E-state index in [-0.39, 0.29) is 5.56 Å². The van der Waals surface area contributed by atoms with E-state index in [0.717, 1.165) is 22.4 Å². The van der Waals surface area contributed by atoms with Crippen molar-refractivity contribution in [3.63, 3.8) is 0 Å². The molecule has 0 amide bonds. The van der Waals surface area contributed by atoms with Crippen LogP contribution < -0.4 is 4.74 Å². The normalized spacial score (nSPS) is 11.0. The minimum absolute atomic E-state index is 0.263. The van der Waals surface area contributed by atoms with Crippen LogP contribution in [0.1, 0.15) is 27.2 Å². The molecule has 1 N–H and O–H groups in total. The number of carboxylic acid groups (broad SMARTS) is 1. The molecule has 26 heavy (non-hydrogen) atoms. The van der Waals surface area contributed by atoms with Crippen molar-refractivity contribution in [2.75, 3.05) is 7.11 Å². The second kappa shape index (κ2) is 7.70. The van der Waals surface area contributed by atoms with E-state index >= 15 is 0 Å². The van der Waals surface area contributed by atoms with E-state index < -0.39 is 5.97 Å². The number of nitrogens with zero attached hydrogens (tertiary/aromatic N) is 1. The van der Waals surface area contributed by atoms with Gasteiger partial charge in [-0.3, -0.25) is 4.99 Å². The van der Waals surface area contributed by atoms with Crippen LogP contribution in [0.25, 0.3) is 11.3 Å². The van der Waals surface area contributed by atoms with Crippen LogP contribution in [-0.2, 0) is 6.54 Å². The molecule has 5 heteroatoms. The standard InChI is InChI=1S/C21H19NO4/c1-14-11-16(21(23)24)5-9-19(14)20-10-8-18(26-20)13-22-12-15-3-6-17(25-2)7-4-15/h3-11,13H,12H2,1-2H3,(H,23,24). The number of aliphatic imine (C=N–C) groups is 1. The molecule has 3 aromatic rings. The van der Waals surface area contributed by atoms with Crippen molar-refractivity contribution in [1.82, 2.24) is 0 Å². The van der Waals surface area contributed by atoms with Gasteiger partial charge in [0.15, 0.2) is 0 Å². The predicted octanol–water partition coefficient (Wildman–Crippen LogP) is 4.58. The lowest BCUT2D eigenvalue weighted by Gasteiger charge is -2.03. The number of carbonyl (C=O) groups is 1. The highest BCUT2D eigenvalue weighted by atomic mass is 16.5. The van der Waals surface area contributed by atoms with Crippen LogP contribution in [0.4, 0.5) is 0 Å². The summed E-state index contributed by atoms with van der Waals surface area (Å²) in [5, 5.41) is 9.05. The largest absolute Gasteiger partial charge is 0.497 e. The van der Waals surface area contributed by atoms with Gasteiger partial charge in [0.2, 0.25) is 0 Å². The smallest absolute Gasteiger partial charge is 0.335 e. The van der Waals surface area contributed by atoms with E-state index in [4.69, 9.17) is 14.3 Å². The Morgan fingerprint density at radius 1 is 1.15 bits per heavy atom. The fourth-order valence-corrected chi connectivity index (χ4v) is 2.61. The maximum atomic E-state index is 11.0. The SMILES string of the molecule is COc1ccc(CN=Cc2ccc(-c3ccc(C(=O)O)cc3C)o2)cc1. The zero-order valence-corrected chi connectivity index (χ0v) is 14.6. The monoisotopic (exact) mass is 349 g/mol. The summed E-state index contributed by atoms with van der Waals surface area (Å²) < 4.78 is 10.9. The first-order valence-electron chi connectivity index (χ1n) is 8.14. The summed E-state index contributed by atoms with van der Waals surface area (Å²) in [6, 6.07) is 16.4. The van der Waals surface area contributed by atoms with Crippen LogP contribution in [0, 0.1) is 6.92 Å². The number of carboxylic acids is 1. The molecule has 0 radical (unpaired) electrons. The topological polar surface area (TPSA) is 72.0 Å². The average Bonchev–Trinajstić information content (AvgIpc) is 3.10. The van der Waals surface area contributed by atoms with Crippen molar-refractivity contribution in [2.24, 2.45) is 4.99 Å². The first-order chi connectivity index (χ1) is 12.6. The molecule has 0 aliphatic carbocycles. The van der Waals surface area contributed by atoms with Crippen molar-refractivity contribution in [2.45, 2.75) is 13.5 Å². The second-order valence-electron chi connectivity index (χ2n) is 5.85. The summed E-state index contributed by atoms with van der Waals surface area (Å²) in [7, 11) is 1.64. The number of hydrogen-bond acceptors (Lipinski definition) is 4. The molecule has 0 saturated heterocycles. The molecule has 1 heterocycles. The highest BCUT2D eigenvalue weighted by Gasteiger charge is 2.10. The molecule has 132 valence electrons. The number of benzene rings is 2. The van der Waals surface area contributed by atoms with E-state index in [1.807, 2.05) is 43.3 Å². The van der Waals surface area contributed by atoms with Gasteiger partial charge in [0, 0.05) is 5.56 Å². The van der Waals surface area contributed by atoms with Gasteiger partial charge in [0.1, 0.15) is 17.3 Å². The Morgan fingerprint density at radius 2 is 1.92 bits per heavy atom. The first kappa shape index (κ1) is 17.5. The van der Waals surface area contributed by atoms with E-state index in [2.05, 4.69) is 4.99 Å². The van der Waals surface area contributed by atoms with E-state index in [1.54, 1.807) is 31.5 Å². The van der Waals surface area contributed by atoms with Gasteiger partial charge < -0.3 is 14.3 Å². The van der Waals surface area contributed by atoms with Gasteiger partial charge in [-0.2, -0.15) is 0 Å². The van der Waals surface area contributed by atoms with Gasteiger partial charge in [0.05, 0.1) is 25.4 Å². The molecule has 1 aromatic heterocycles. The Hall–Kier alpha value is -3.34. The minimum Gasteiger partial charge on any atom is -0.497 e. The van der Waals surface area contributed by atoms with Crippen LogP contribution >= 0.6 is 0 Å². The number of hydrogen-bond donors (Lipinski definition) is 1. The average molecular weight is 349 g/mol. The minimum atomic E-state index is -0.939. The number of aromatic carboxylic acids is 1. The van der Waals surface area contributed by atoms with Crippen molar-refractivity contribution in [3.05, 3.63) is 77.0 Å². The lowest BCUT2D eigenvalue weighted by Crippen LogP contribution is -1.96. The quantitative estimate of drug-likeness (QED) is 0.661. The third-order valence-electron chi connectivity index (χ3n) is 4.02. The summed E-state index contributed by atoms with van der Waals surface area (Å²) in [5.74, 6) is 1.21. The highest BCUT2D eigenvalue weighted by molar-refractivity contribution is 5.89. The molecule has 0 unspecified atom stereocenters. The van der Waals surface area contributed by atoms with Gasteiger partial charge in [-0.15, -0.1) is 0 Å². The van der Waals surface area contributed by atoms with Gasteiger partial charge in [-0.1, -0.05) is 18.2 Å². The summed E-state index contributed by atoms with van der Waals surface area (Å²) in [6.07, 6.45) is 1.69. The van der Waals surface area contributed by atoms with Gasteiger partial charge >= 0.3 is 5.97 Å². The van der Waals surface area contributed by atoms with Gasteiger partial charge in [-0.05, 0) is 54.4 Å². The van der Waals surface area contributed by atoms with Crippen LogP contribution in [-0.4, -0.2) is 24.4 Å². The van der Waals surface area contributed by atoms with Crippen LogP contribution in [0.2, 0.25) is 0 Å². The summed E-state index contributed by atoms with van der Waals surface area (Å²) >= 11 is 0. The molecular formula is C21H19NO4. The van der Waals surface area contributed by atoms with Gasteiger partial charge in [-0.25, -0.2) is 4.79 Å². The van der Waals surface area contributed by atoms with Crippen molar-refractivity contribution in [1.29, 1.82) is 0 Å². The zero-order chi connectivity index (χ0) is 18.5. The van der Waals surface area contributed by atoms with E-state index in [0.29, 0.717) is 18.1 Å². The number of aryl methyl sites for hydroxylation is 1. The Labute approximate surface area is 151 Å². The number of furan rings is 1. The molecule has 0 fully saturated rings. The molecule has 0 spiro atoms. The summed E-state index contributed by atoms with van der Waals surface area (Å²) in [4.78, 5) is 15.4. The van der Waals surface area contributed by atoms with E-state index in [1.165, 1.54) is 0 Å². The number of methoxy groups -OCH3 is 1. The Morgan fingerprint density at radius 3 is 2.58 bits per heavy atom. The van der Waals surface area contributed by atoms with Crippen LogP contribution in [0.15, 0.2) is 64.0 Å². The van der Waals surface area contributed by atoms with Crippen molar-refractivity contribution >= 4 is 12.2 Å². The molecule has 0 aliphatic heterocycles. The lowest BCUT2D eigenvalue weighted by atomic mass is 10.0. The molecule has 0 atom stereocenters. The Bertz CT molecular complexity index is 939.